The van der Waals surface area contributed by atoms with Crippen molar-refractivity contribution in [3.05, 3.63) is 52.2 Å². The summed E-state index contributed by atoms with van der Waals surface area (Å²) in [5.74, 6) is 2.89. The average Bonchev–Trinajstić information content (AvgIpc) is 3.17. The number of hydrogen-bond acceptors (Lipinski definition) is 6. The molecule has 0 aliphatic carbocycles. The lowest BCUT2D eigenvalue weighted by Crippen LogP contribution is -2.46. The highest BCUT2D eigenvalue weighted by atomic mass is 32.1. The Balaban J connectivity index is 1.89. The van der Waals surface area contributed by atoms with Crippen molar-refractivity contribution >= 4 is 41.1 Å². The maximum absolute atomic E-state index is 12.2. The first kappa shape index (κ1) is 20.1. The first-order valence-electron chi connectivity index (χ1n) is 7.89. The van der Waals surface area contributed by atoms with Crippen molar-refractivity contribution in [3.63, 3.8) is 0 Å². The molecule has 6 N–H and O–H groups in total. The monoisotopic (exact) mass is 389 g/mol. The van der Waals surface area contributed by atoms with E-state index in [1.54, 1.807) is 24.3 Å². The maximum atomic E-state index is 12.2. The Morgan fingerprint density at radius 2 is 2.11 bits per heavy atom. The van der Waals surface area contributed by atoms with Gasteiger partial charge in [-0.2, -0.15) is 11.3 Å². The number of hydrazine groups is 1. The second-order valence-corrected chi connectivity index (χ2v) is 6.23. The minimum atomic E-state index is -1.14. The largest absolute Gasteiger partial charge is 0.480 e. The third-order valence-electron chi connectivity index (χ3n) is 3.46. The fraction of sp³-hybridized carbons (Fsp3) is 0.176. The second-order valence-electron chi connectivity index (χ2n) is 5.45. The number of benzene rings is 1. The van der Waals surface area contributed by atoms with E-state index < -0.39 is 23.8 Å². The zero-order valence-electron chi connectivity index (χ0n) is 14.2. The molecule has 27 heavy (non-hydrogen) atoms. The van der Waals surface area contributed by atoms with Crippen molar-refractivity contribution in [2.75, 3.05) is 6.54 Å². The van der Waals surface area contributed by atoms with Crippen LogP contribution in [-0.2, 0) is 16.0 Å². The minimum absolute atomic E-state index is 0.174. The smallest absolute Gasteiger partial charge is 0.326 e. The van der Waals surface area contributed by atoms with E-state index in [-0.39, 0.29) is 13.0 Å². The van der Waals surface area contributed by atoms with Crippen molar-refractivity contribution in [1.82, 2.24) is 16.1 Å². The number of aliphatic carboxylic acids is 1. The van der Waals surface area contributed by atoms with Gasteiger partial charge in [-0.1, -0.05) is 6.07 Å². The van der Waals surface area contributed by atoms with E-state index in [1.165, 1.54) is 23.7 Å². The zero-order chi connectivity index (χ0) is 19.6. The Hall–Kier alpha value is -3.24. The summed E-state index contributed by atoms with van der Waals surface area (Å²) < 4.78 is 0. The third-order valence-corrected chi connectivity index (χ3v) is 4.19. The zero-order valence-corrected chi connectivity index (χ0v) is 15.0. The SMILES string of the molecule is NNC=Nc1cccc(C(=O)NCC(=O)NC(Cc2ccsc2)C(=O)O)c1. The number of rotatable bonds is 9. The van der Waals surface area contributed by atoms with Gasteiger partial charge in [-0.05, 0) is 40.6 Å². The molecule has 0 aliphatic rings. The standard InChI is InChI=1S/C17H19N5O4S/c18-21-10-20-13-3-1-2-12(7-13)16(24)19-8-15(23)22-14(17(25)26)6-11-4-5-27-9-11/h1-5,7,9-10,14H,6,8,18H2,(H,19,24)(H,20,21)(H,22,23)(H,25,26). The van der Waals surface area contributed by atoms with Crippen LogP contribution in [0.25, 0.3) is 0 Å². The van der Waals surface area contributed by atoms with E-state index in [4.69, 9.17) is 5.84 Å². The number of carboxylic acid groups (broad SMARTS) is 1. The Kier molecular flexibility index (Phi) is 7.47. The fourth-order valence-electron chi connectivity index (χ4n) is 2.19. The van der Waals surface area contributed by atoms with E-state index in [9.17, 15) is 19.5 Å². The molecule has 1 aromatic heterocycles. The highest BCUT2D eigenvalue weighted by molar-refractivity contribution is 7.07. The quantitative estimate of drug-likeness (QED) is 0.182. The molecule has 142 valence electrons. The Morgan fingerprint density at radius 1 is 1.30 bits per heavy atom. The molecule has 10 heteroatoms. The molecule has 0 fully saturated rings. The number of nitrogens with one attached hydrogen (secondary N) is 3. The molecular formula is C17H19N5O4S. The molecule has 0 saturated carbocycles. The van der Waals surface area contributed by atoms with E-state index in [2.05, 4.69) is 21.1 Å². The Bertz CT molecular complexity index is 822. The minimum Gasteiger partial charge on any atom is -0.480 e. The molecule has 0 aliphatic heterocycles. The number of hydrogen-bond donors (Lipinski definition) is 5. The molecule has 1 heterocycles. The normalized spacial score (nSPS) is 11.7. The van der Waals surface area contributed by atoms with Crippen molar-refractivity contribution in [2.45, 2.75) is 12.5 Å². The van der Waals surface area contributed by atoms with Gasteiger partial charge in [0.25, 0.3) is 5.91 Å². The van der Waals surface area contributed by atoms with Gasteiger partial charge in [0.2, 0.25) is 5.91 Å². The van der Waals surface area contributed by atoms with E-state index in [0.717, 1.165) is 5.56 Å². The summed E-state index contributed by atoms with van der Waals surface area (Å²) in [6, 6.07) is 7.14. The molecule has 0 radical (unpaired) electrons. The molecule has 1 atom stereocenters. The van der Waals surface area contributed by atoms with Crippen molar-refractivity contribution in [2.24, 2.45) is 10.8 Å². The summed E-state index contributed by atoms with van der Waals surface area (Å²) in [5.41, 5.74) is 3.89. The van der Waals surface area contributed by atoms with Crippen LogP contribution in [0.1, 0.15) is 15.9 Å². The molecule has 0 spiro atoms. The van der Waals surface area contributed by atoms with Crippen LogP contribution in [0, 0.1) is 0 Å². The van der Waals surface area contributed by atoms with Crippen LogP contribution >= 0.6 is 11.3 Å². The lowest BCUT2D eigenvalue weighted by molar-refractivity contribution is -0.141. The van der Waals surface area contributed by atoms with Crippen molar-refractivity contribution in [3.8, 4) is 0 Å². The van der Waals surface area contributed by atoms with Crippen LogP contribution in [0.15, 0.2) is 46.1 Å². The van der Waals surface area contributed by atoms with Crippen LogP contribution < -0.4 is 21.9 Å². The van der Waals surface area contributed by atoms with Gasteiger partial charge >= 0.3 is 5.97 Å². The van der Waals surface area contributed by atoms with Crippen LogP contribution in [0.5, 0.6) is 0 Å². The van der Waals surface area contributed by atoms with E-state index in [1.807, 2.05) is 10.8 Å². The first-order chi connectivity index (χ1) is 13.0. The van der Waals surface area contributed by atoms with Gasteiger partial charge in [-0.25, -0.2) is 15.6 Å². The Morgan fingerprint density at radius 3 is 2.78 bits per heavy atom. The summed E-state index contributed by atoms with van der Waals surface area (Å²) in [7, 11) is 0. The Labute approximate surface area is 159 Å². The van der Waals surface area contributed by atoms with Gasteiger partial charge in [0.1, 0.15) is 12.4 Å². The number of carbonyl (C=O) groups excluding carboxylic acids is 2. The number of thiophene rings is 1. The third kappa shape index (κ3) is 6.53. The summed E-state index contributed by atoms with van der Waals surface area (Å²) in [6.07, 6.45) is 1.44. The topological polar surface area (TPSA) is 146 Å². The van der Waals surface area contributed by atoms with Crippen molar-refractivity contribution in [1.29, 1.82) is 0 Å². The number of nitrogens with zero attached hydrogens (tertiary/aromatic N) is 1. The number of amides is 2. The molecule has 1 unspecified atom stereocenters. The lowest BCUT2D eigenvalue weighted by atomic mass is 10.1. The highest BCUT2D eigenvalue weighted by Crippen LogP contribution is 2.13. The predicted octanol–water partition coefficient (Wildman–Crippen LogP) is 0.413. The maximum Gasteiger partial charge on any atom is 0.326 e. The second kappa shape index (κ2) is 10.0. The summed E-state index contributed by atoms with van der Waals surface area (Å²) in [4.78, 5) is 39.4. The van der Waals surface area contributed by atoms with E-state index >= 15 is 0 Å². The number of carboxylic acids is 1. The molecule has 0 saturated heterocycles. The number of aliphatic imine (C=N–C) groups is 1. The van der Waals surface area contributed by atoms with Gasteiger partial charge in [0, 0.05) is 12.0 Å². The number of nitrogens with two attached hydrogens (primary N) is 1. The van der Waals surface area contributed by atoms with Crippen LogP contribution in [0.4, 0.5) is 5.69 Å². The van der Waals surface area contributed by atoms with Crippen LogP contribution in [0.2, 0.25) is 0 Å². The van der Waals surface area contributed by atoms with Crippen molar-refractivity contribution < 1.29 is 19.5 Å². The molecule has 1 aromatic carbocycles. The lowest BCUT2D eigenvalue weighted by Gasteiger charge is -2.14. The molecular weight excluding hydrogens is 370 g/mol. The molecule has 9 nitrogen and oxygen atoms in total. The van der Waals surface area contributed by atoms with Gasteiger partial charge in [-0.15, -0.1) is 0 Å². The summed E-state index contributed by atoms with van der Waals surface area (Å²) in [5, 5.41) is 17.8. The predicted molar refractivity (Wildman–Crippen MR) is 102 cm³/mol. The highest BCUT2D eigenvalue weighted by Gasteiger charge is 2.21. The van der Waals surface area contributed by atoms with Crippen LogP contribution in [-0.4, -0.2) is 41.8 Å². The van der Waals surface area contributed by atoms with Gasteiger partial charge < -0.3 is 21.2 Å². The number of carbonyl (C=O) groups is 3. The van der Waals surface area contributed by atoms with Gasteiger partial charge in [-0.3, -0.25) is 9.59 Å². The van der Waals surface area contributed by atoms with Crippen LogP contribution in [0.3, 0.4) is 0 Å². The molecule has 2 aromatic rings. The summed E-state index contributed by atoms with van der Waals surface area (Å²) >= 11 is 1.45. The fourth-order valence-corrected chi connectivity index (χ4v) is 2.87. The molecule has 0 bridgehead atoms. The van der Waals surface area contributed by atoms with Gasteiger partial charge in [0.05, 0.1) is 12.2 Å². The molecule has 2 amide bonds. The van der Waals surface area contributed by atoms with E-state index in [0.29, 0.717) is 11.3 Å². The average molecular weight is 389 g/mol. The first-order valence-corrected chi connectivity index (χ1v) is 8.84. The molecule has 2 rings (SSSR count). The van der Waals surface area contributed by atoms with Gasteiger partial charge in [0.15, 0.2) is 0 Å². The summed E-state index contributed by atoms with van der Waals surface area (Å²) in [6.45, 7) is -0.343.